The van der Waals surface area contributed by atoms with Gasteiger partial charge in [-0.2, -0.15) is 0 Å². The number of benzene rings is 2. The Hall–Kier alpha value is -2.00. The summed E-state index contributed by atoms with van der Waals surface area (Å²) in [5.41, 5.74) is 1.99. The first kappa shape index (κ1) is 17.4. The monoisotopic (exact) mass is 331 g/mol. The van der Waals surface area contributed by atoms with E-state index in [-0.39, 0.29) is 5.91 Å². The number of ether oxygens (including phenoxy) is 1. The molecule has 2 aromatic carbocycles. The molecule has 0 aliphatic heterocycles. The maximum atomic E-state index is 12.4. The molecule has 0 radical (unpaired) electrons. The summed E-state index contributed by atoms with van der Waals surface area (Å²) in [6.45, 7) is 6.02. The van der Waals surface area contributed by atoms with E-state index in [0.717, 1.165) is 17.7 Å². The van der Waals surface area contributed by atoms with Gasteiger partial charge in [-0.05, 0) is 55.2 Å². The fraction of sp³-hybridized carbons (Fsp3) is 0.316. The molecule has 0 fully saturated rings. The van der Waals surface area contributed by atoms with Gasteiger partial charge >= 0.3 is 0 Å². The second kappa shape index (κ2) is 8.02. The molecule has 122 valence electrons. The fourth-order valence-electron chi connectivity index (χ4n) is 2.27. The van der Waals surface area contributed by atoms with Crippen molar-refractivity contribution in [3.8, 4) is 5.75 Å². The standard InChI is InChI=1S/C19H22ClNO2/c1-4-13(2)17-7-5-6-8-18(17)21-19(22)14(3)23-16-11-9-15(20)10-12-16/h5-14H,4H2,1-3H3,(H,21,22)/t13-,14+/m0/s1. The van der Waals surface area contributed by atoms with Gasteiger partial charge in [-0.1, -0.05) is 43.6 Å². The molecule has 0 aromatic heterocycles. The van der Waals surface area contributed by atoms with Gasteiger partial charge in [0, 0.05) is 10.7 Å². The van der Waals surface area contributed by atoms with Crippen LogP contribution >= 0.6 is 11.6 Å². The lowest BCUT2D eigenvalue weighted by Crippen LogP contribution is -2.30. The minimum Gasteiger partial charge on any atom is -0.481 e. The van der Waals surface area contributed by atoms with Crippen LogP contribution in [-0.4, -0.2) is 12.0 Å². The number of rotatable bonds is 6. The zero-order valence-corrected chi connectivity index (χ0v) is 14.4. The van der Waals surface area contributed by atoms with Crippen molar-refractivity contribution in [2.24, 2.45) is 0 Å². The minimum atomic E-state index is -0.596. The predicted molar refractivity (Wildman–Crippen MR) is 95.3 cm³/mol. The molecule has 0 heterocycles. The summed E-state index contributed by atoms with van der Waals surface area (Å²) in [5, 5.41) is 3.60. The number of amides is 1. The summed E-state index contributed by atoms with van der Waals surface area (Å²) in [5.74, 6) is 0.835. The van der Waals surface area contributed by atoms with E-state index in [1.165, 1.54) is 0 Å². The van der Waals surface area contributed by atoms with E-state index in [9.17, 15) is 4.79 Å². The third-order valence-electron chi connectivity index (χ3n) is 3.86. The van der Waals surface area contributed by atoms with Gasteiger partial charge in [0.15, 0.2) is 6.10 Å². The van der Waals surface area contributed by atoms with Crippen LogP contribution in [0.25, 0.3) is 0 Å². The molecular weight excluding hydrogens is 310 g/mol. The van der Waals surface area contributed by atoms with Gasteiger partial charge in [-0.25, -0.2) is 0 Å². The highest BCUT2D eigenvalue weighted by molar-refractivity contribution is 6.30. The quantitative estimate of drug-likeness (QED) is 0.784. The zero-order valence-electron chi connectivity index (χ0n) is 13.7. The van der Waals surface area contributed by atoms with Gasteiger partial charge in [0.25, 0.3) is 5.91 Å². The van der Waals surface area contributed by atoms with E-state index in [1.807, 2.05) is 18.2 Å². The number of nitrogens with one attached hydrogen (secondary N) is 1. The highest BCUT2D eigenvalue weighted by Gasteiger charge is 2.17. The highest BCUT2D eigenvalue weighted by Crippen LogP contribution is 2.26. The third kappa shape index (κ3) is 4.73. The van der Waals surface area contributed by atoms with Crippen LogP contribution in [-0.2, 0) is 4.79 Å². The lowest BCUT2D eigenvalue weighted by Gasteiger charge is -2.18. The second-order valence-corrected chi connectivity index (χ2v) is 6.04. The van der Waals surface area contributed by atoms with Crippen LogP contribution in [0, 0.1) is 0 Å². The number of halogens is 1. The Balaban J connectivity index is 2.05. The Morgan fingerprint density at radius 3 is 2.43 bits per heavy atom. The first-order chi connectivity index (χ1) is 11.0. The largest absolute Gasteiger partial charge is 0.481 e. The number of hydrogen-bond acceptors (Lipinski definition) is 2. The fourth-order valence-corrected chi connectivity index (χ4v) is 2.39. The average Bonchev–Trinajstić information content (AvgIpc) is 2.56. The van der Waals surface area contributed by atoms with Crippen molar-refractivity contribution < 1.29 is 9.53 Å². The molecule has 2 atom stereocenters. The number of hydrogen-bond donors (Lipinski definition) is 1. The lowest BCUT2D eigenvalue weighted by molar-refractivity contribution is -0.122. The molecule has 1 amide bonds. The first-order valence-corrected chi connectivity index (χ1v) is 8.21. The first-order valence-electron chi connectivity index (χ1n) is 7.83. The molecule has 0 saturated carbocycles. The van der Waals surface area contributed by atoms with Crippen LogP contribution in [0.15, 0.2) is 48.5 Å². The van der Waals surface area contributed by atoms with Crippen LogP contribution in [0.5, 0.6) is 5.75 Å². The Kier molecular flexibility index (Phi) is 6.05. The van der Waals surface area contributed by atoms with Gasteiger partial charge in [0.05, 0.1) is 0 Å². The van der Waals surface area contributed by atoms with Crippen LogP contribution in [0.4, 0.5) is 5.69 Å². The van der Waals surface area contributed by atoms with Gasteiger partial charge in [-0.15, -0.1) is 0 Å². The van der Waals surface area contributed by atoms with Crippen LogP contribution in [0.1, 0.15) is 38.7 Å². The summed E-state index contributed by atoms with van der Waals surface area (Å²) in [7, 11) is 0. The number of carbonyl (C=O) groups is 1. The van der Waals surface area contributed by atoms with Gasteiger partial charge in [0.2, 0.25) is 0 Å². The molecule has 0 aliphatic carbocycles. The van der Waals surface area contributed by atoms with Crippen molar-refractivity contribution >= 4 is 23.2 Å². The van der Waals surface area contributed by atoms with Crippen molar-refractivity contribution in [2.75, 3.05) is 5.32 Å². The SMILES string of the molecule is CC[C@H](C)c1ccccc1NC(=O)[C@@H](C)Oc1ccc(Cl)cc1. The summed E-state index contributed by atoms with van der Waals surface area (Å²) < 4.78 is 5.66. The Labute approximate surface area is 142 Å². The van der Waals surface area contributed by atoms with E-state index in [4.69, 9.17) is 16.3 Å². The van der Waals surface area contributed by atoms with Crippen molar-refractivity contribution in [3.63, 3.8) is 0 Å². The van der Waals surface area contributed by atoms with Gasteiger partial charge in [0.1, 0.15) is 5.75 Å². The zero-order chi connectivity index (χ0) is 16.8. The summed E-state index contributed by atoms with van der Waals surface area (Å²) in [4.78, 5) is 12.4. The Morgan fingerprint density at radius 2 is 1.78 bits per heavy atom. The molecule has 1 N–H and O–H groups in total. The summed E-state index contributed by atoms with van der Waals surface area (Å²) >= 11 is 5.84. The molecule has 23 heavy (non-hydrogen) atoms. The topological polar surface area (TPSA) is 38.3 Å². The van der Waals surface area contributed by atoms with E-state index in [1.54, 1.807) is 31.2 Å². The minimum absolute atomic E-state index is 0.171. The van der Waals surface area contributed by atoms with E-state index >= 15 is 0 Å². The molecule has 0 aliphatic rings. The Bertz CT molecular complexity index is 655. The molecule has 0 spiro atoms. The molecule has 2 rings (SSSR count). The van der Waals surface area contributed by atoms with Crippen molar-refractivity contribution in [1.29, 1.82) is 0 Å². The number of para-hydroxylation sites is 1. The second-order valence-electron chi connectivity index (χ2n) is 5.60. The third-order valence-corrected chi connectivity index (χ3v) is 4.11. The maximum Gasteiger partial charge on any atom is 0.265 e. The molecule has 4 heteroatoms. The van der Waals surface area contributed by atoms with Crippen LogP contribution in [0.2, 0.25) is 5.02 Å². The number of anilines is 1. The molecule has 2 aromatic rings. The molecule has 0 saturated heterocycles. The van der Waals surface area contributed by atoms with Crippen molar-refractivity contribution in [3.05, 3.63) is 59.1 Å². The van der Waals surface area contributed by atoms with Crippen LogP contribution in [0.3, 0.4) is 0 Å². The lowest BCUT2D eigenvalue weighted by atomic mass is 9.97. The van der Waals surface area contributed by atoms with Gasteiger partial charge in [-0.3, -0.25) is 4.79 Å². The normalized spacial score (nSPS) is 13.2. The summed E-state index contributed by atoms with van der Waals surface area (Å²) in [6.07, 6.45) is 0.421. The average molecular weight is 332 g/mol. The predicted octanol–water partition coefficient (Wildman–Crippen LogP) is 5.26. The van der Waals surface area contributed by atoms with E-state index in [0.29, 0.717) is 16.7 Å². The summed E-state index contributed by atoms with van der Waals surface area (Å²) in [6, 6.07) is 14.9. The van der Waals surface area contributed by atoms with Crippen LogP contribution < -0.4 is 10.1 Å². The van der Waals surface area contributed by atoms with Crippen molar-refractivity contribution in [1.82, 2.24) is 0 Å². The molecule has 0 bridgehead atoms. The van der Waals surface area contributed by atoms with Gasteiger partial charge < -0.3 is 10.1 Å². The van der Waals surface area contributed by atoms with E-state index in [2.05, 4.69) is 25.2 Å². The van der Waals surface area contributed by atoms with E-state index < -0.39 is 6.10 Å². The molecule has 3 nitrogen and oxygen atoms in total. The Morgan fingerprint density at radius 1 is 1.13 bits per heavy atom. The highest BCUT2D eigenvalue weighted by atomic mass is 35.5. The van der Waals surface area contributed by atoms with Crippen molar-refractivity contribution in [2.45, 2.75) is 39.2 Å². The maximum absolute atomic E-state index is 12.4. The number of carbonyl (C=O) groups excluding carboxylic acids is 1. The molecular formula is C19H22ClNO2. The smallest absolute Gasteiger partial charge is 0.265 e. The molecule has 0 unspecified atom stereocenters.